The lowest BCUT2D eigenvalue weighted by atomic mass is 10.2. The first-order valence-electron chi connectivity index (χ1n) is 5.30. The number of ether oxygens (including phenoxy) is 1. The normalized spacial score (nSPS) is 21.5. The lowest BCUT2D eigenvalue weighted by Crippen LogP contribution is -2.39. The van der Waals surface area contributed by atoms with E-state index in [1.54, 1.807) is 0 Å². The van der Waals surface area contributed by atoms with Gasteiger partial charge in [-0.2, -0.15) is 0 Å². The molecule has 1 aliphatic heterocycles. The molecule has 0 spiro atoms. The molecule has 0 aromatic rings. The second kappa shape index (κ2) is 5.98. The van der Waals surface area contributed by atoms with Crippen LogP contribution < -0.4 is 10.6 Å². The number of hydrogen-bond donors (Lipinski definition) is 2. The third-order valence-corrected chi connectivity index (χ3v) is 2.13. The van der Waals surface area contributed by atoms with Gasteiger partial charge in [-0.15, -0.1) is 0 Å². The Morgan fingerprint density at radius 3 is 2.93 bits per heavy atom. The van der Waals surface area contributed by atoms with Crippen LogP contribution in [0.2, 0.25) is 0 Å². The second-order valence-electron chi connectivity index (χ2n) is 3.99. The van der Waals surface area contributed by atoms with Crippen molar-refractivity contribution < 1.29 is 9.53 Å². The fourth-order valence-corrected chi connectivity index (χ4v) is 1.53. The molecule has 0 bridgehead atoms. The monoisotopic (exact) mass is 200 g/mol. The molecule has 0 aromatic carbocycles. The number of carbonyl (C=O) groups excluding carboxylic acids is 1. The largest absolute Gasteiger partial charge is 0.377 e. The molecule has 1 aliphatic rings. The molecule has 1 amide bonds. The fourth-order valence-electron chi connectivity index (χ4n) is 1.53. The Hall–Kier alpha value is -0.610. The van der Waals surface area contributed by atoms with Crippen LogP contribution in [-0.4, -0.2) is 37.7 Å². The fraction of sp³-hybridized carbons (Fsp3) is 0.900. The van der Waals surface area contributed by atoms with Gasteiger partial charge in [-0.05, 0) is 26.7 Å². The van der Waals surface area contributed by atoms with Crippen LogP contribution in [0.5, 0.6) is 0 Å². The highest BCUT2D eigenvalue weighted by molar-refractivity contribution is 5.78. The number of carbonyl (C=O) groups is 1. The van der Waals surface area contributed by atoms with Crippen LogP contribution in [-0.2, 0) is 9.53 Å². The predicted molar refractivity (Wildman–Crippen MR) is 55.1 cm³/mol. The molecule has 0 aromatic heterocycles. The SMILES string of the molecule is CC(C)NC(=O)CNC[C@@H]1CCCO1. The van der Waals surface area contributed by atoms with E-state index in [9.17, 15) is 4.79 Å². The molecule has 4 heteroatoms. The predicted octanol–water partition coefficient (Wildman–Crippen LogP) is 0.280. The summed E-state index contributed by atoms with van der Waals surface area (Å²) in [5.74, 6) is 0.0537. The third-order valence-electron chi connectivity index (χ3n) is 2.13. The lowest BCUT2D eigenvalue weighted by molar-refractivity contribution is -0.120. The lowest BCUT2D eigenvalue weighted by Gasteiger charge is -2.12. The summed E-state index contributed by atoms with van der Waals surface area (Å²) in [6.45, 7) is 5.95. The molecule has 0 unspecified atom stereocenters. The van der Waals surface area contributed by atoms with Gasteiger partial charge in [0.25, 0.3) is 0 Å². The molecule has 2 N–H and O–H groups in total. The Bertz CT molecular complexity index is 177. The van der Waals surface area contributed by atoms with E-state index >= 15 is 0 Å². The first kappa shape index (κ1) is 11.5. The molecule has 82 valence electrons. The van der Waals surface area contributed by atoms with Crippen LogP contribution in [0.25, 0.3) is 0 Å². The average Bonchev–Trinajstić information content (AvgIpc) is 2.55. The van der Waals surface area contributed by atoms with Crippen LogP contribution >= 0.6 is 0 Å². The molecule has 4 nitrogen and oxygen atoms in total. The van der Waals surface area contributed by atoms with Gasteiger partial charge < -0.3 is 15.4 Å². The minimum absolute atomic E-state index is 0.0537. The smallest absolute Gasteiger partial charge is 0.234 e. The molecule has 0 saturated carbocycles. The van der Waals surface area contributed by atoms with E-state index in [0.29, 0.717) is 12.6 Å². The standard InChI is InChI=1S/C10H20N2O2/c1-8(2)12-10(13)7-11-6-9-4-3-5-14-9/h8-9,11H,3-7H2,1-2H3,(H,12,13)/t9-/m0/s1. The van der Waals surface area contributed by atoms with Gasteiger partial charge in [-0.3, -0.25) is 4.79 Å². The van der Waals surface area contributed by atoms with Gasteiger partial charge in [-0.25, -0.2) is 0 Å². The maximum Gasteiger partial charge on any atom is 0.234 e. The summed E-state index contributed by atoms with van der Waals surface area (Å²) >= 11 is 0. The van der Waals surface area contributed by atoms with Crippen molar-refractivity contribution in [3.8, 4) is 0 Å². The highest BCUT2D eigenvalue weighted by atomic mass is 16.5. The summed E-state index contributed by atoms with van der Waals surface area (Å²) in [7, 11) is 0. The minimum Gasteiger partial charge on any atom is -0.377 e. The summed E-state index contributed by atoms with van der Waals surface area (Å²) in [6, 6.07) is 0.215. The number of amides is 1. The average molecular weight is 200 g/mol. The highest BCUT2D eigenvalue weighted by Gasteiger charge is 2.14. The molecular formula is C10H20N2O2. The summed E-state index contributed by atoms with van der Waals surface area (Å²) in [6.07, 6.45) is 2.56. The topological polar surface area (TPSA) is 50.4 Å². The van der Waals surface area contributed by atoms with Crippen molar-refractivity contribution in [3.05, 3.63) is 0 Å². The highest BCUT2D eigenvalue weighted by Crippen LogP contribution is 2.10. The van der Waals surface area contributed by atoms with E-state index in [4.69, 9.17) is 4.74 Å². The number of nitrogens with one attached hydrogen (secondary N) is 2. The van der Waals surface area contributed by atoms with Crippen LogP contribution in [0, 0.1) is 0 Å². The van der Waals surface area contributed by atoms with Crippen LogP contribution in [0.15, 0.2) is 0 Å². The first-order valence-corrected chi connectivity index (χ1v) is 5.30. The number of hydrogen-bond acceptors (Lipinski definition) is 3. The minimum atomic E-state index is 0.0537. The van der Waals surface area contributed by atoms with Gasteiger partial charge in [0.05, 0.1) is 12.6 Å². The van der Waals surface area contributed by atoms with E-state index in [0.717, 1.165) is 26.0 Å². The second-order valence-corrected chi connectivity index (χ2v) is 3.99. The van der Waals surface area contributed by atoms with Gasteiger partial charge in [0.15, 0.2) is 0 Å². The maximum atomic E-state index is 11.2. The Balaban J connectivity index is 1.99. The first-order chi connectivity index (χ1) is 6.68. The van der Waals surface area contributed by atoms with Crippen molar-refractivity contribution in [2.24, 2.45) is 0 Å². The van der Waals surface area contributed by atoms with E-state index in [1.807, 2.05) is 13.8 Å². The zero-order chi connectivity index (χ0) is 10.4. The van der Waals surface area contributed by atoms with Gasteiger partial charge in [0, 0.05) is 19.2 Å². The van der Waals surface area contributed by atoms with Crippen molar-refractivity contribution in [2.75, 3.05) is 19.7 Å². The molecule has 1 heterocycles. The van der Waals surface area contributed by atoms with Crippen LogP contribution in [0.3, 0.4) is 0 Å². The van der Waals surface area contributed by atoms with Crippen molar-refractivity contribution in [1.29, 1.82) is 0 Å². The summed E-state index contributed by atoms with van der Waals surface area (Å²) in [4.78, 5) is 11.2. The molecular weight excluding hydrogens is 180 g/mol. The van der Waals surface area contributed by atoms with Crippen LogP contribution in [0.4, 0.5) is 0 Å². The van der Waals surface area contributed by atoms with E-state index in [2.05, 4.69) is 10.6 Å². The molecule has 1 fully saturated rings. The van der Waals surface area contributed by atoms with Crippen molar-refractivity contribution in [2.45, 2.75) is 38.8 Å². The summed E-state index contributed by atoms with van der Waals surface area (Å²) < 4.78 is 5.42. The third kappa shape index (κ3) is 4.58. The Morgan fingerprint density at radius 1 is 1.57 bits per heavy atom. The molecule has 1 atom stereocenters. The Labute approximate surface area is 85.4 Å². The number of rotatable bonds is 5. The van der Waals surface area contributed by atoms with E-state index in [1.165, 1.54) is 0 Å². The molecule has 0 radical (unpaired) electrons. The Kier molecular flexibility index (Phi) is 4.90. The molecule has 0 aliphatic carbocycles. The van der Waals surface area contributed by atoms with Crippen molar-refractivity contribution in [3.63, 3.8) is 0 Å². The molecule has 1 saturated heterocycles. The van der Waals surface area contributed by atoms with E-state index in [-0.39, 0.29) is 11.9 Å². The van der Waals surface area contributed by atoms with Gasteiger partial charge in [-0.1, -0.05) is 0 Å². The van der Waals surface area contributed by atoms with Crippen molar-refractivity contribution in [1.82, 2.24) is 10.6 Å². The van der Waals surface area contributed by atoms with Crippen LogP contribution in [0.1, 0.15) is 26.7 Å². The Morgan fingerprint density at radius 2 is 2.36 bits per heavy atom. The van der Waals surface area contributed by atoms with Crippen molar-refractivity contribution >= 4 is 5.91 Å². The molecule has 1 rings (SSSR count). The van der Waals surface area contributed by atoms with E-state index < -0.39 is 0 Å². The van der Waals surface area contributed by atoms with Gasteiger partial charge >= 0.3 is 0 Å². The van der Waals surface area contributed by atoms with Gasteiger partial charge in [0.2, 0.25) is 5.91 Å². The quantitative estimate of drug-likeness (QED) is 0.670. The molecule has 14 heavy (non-hydrogen) atoms. The zero-order valence-corrected chi connectivity index (χ0v) is 9.01. The summed E-state index contributed by atoms with van der Waals surface area (Å²) in [5.41, 5.74) is 0. The zero-order valence-electron chi connectivity index (χ0n) is 9.01. The van der Waals surface area contributed by atoms with Gasteiger partial charge in [0.1, 0.15) is 0 Å². The maximum absolute atomic E-state index is 11.2. The summed E-state index contributed by atoms with van der Waals surface area (Å²) in [5, 5.41) is 5.92.